The molecule has 0 aromatic rings. The normalized spacial score (nSPS) is 41.3. The number of carbonyl (C=O) groups is 1. The van der Waals surface area contributed by atoms with Crippen molar-refractivity contribution in [3.05, 3.63) is 23.3 Å². The van der Waals surface area contributed by atoms with Gasteiger partial charge >= 0.3 is 5.97 Å². The van der Waals surface area contributed by atoms with Crippen molar-refractivity contribution in [3.63, 3.8) is 0 Å². The third-order valence-corrected chi connectivity index (χ3v) is 6.67. The van der Waals surface area contributed by atoms with Crippen molar-refractivity contribution in [3.8, 4) is 0 Å². The Hall–Kier alpha value is -1.05. The zero-order valence-corrected chi connectivity index (χ0v) is 13.0. The summed E-state index contributed by atoms with van der Waals surface area (Å²) < 4.78 is 4.91. The van der Waals surface area contributed by atoms with Crippen LogP contribution < -0.4 is 0 Å². The lowest BCUT2D eigenvalue weighted by Crippen LogP contribution is -2.40. The molecule has 3 saturated carbocycles. The van der Waals surface area contributed by atoms with Crippen LogP contribution in [0.15, 0.2) is 23.3 Å². The number of esters is 1. The Labute approximate surface area is 127 Å². The maximum absolute atomic E-state index is 11.8. The van der Waals surface area contributed by atoms with Crippen molar-refractivity contribution in [1.29, 1.82) is 0 Å². The molecular weight excluding hydrogens is 260 g/mol. The van der Waals surface area contributed by atoms with Crippen molar-refractivity contribution in [2.24, 2.45) is 29.6 Å². The minimum atomic E-state index is -0.153. The molecule has 0 N–H and O–H groups in total. The monoisotopic (exact) mass is 286 g/mol. The number of hydrogen-bond acceptors (Lipinski definition) is 2. The number of ether oxygens (including phenoxy) is 1. The molecule has 4 aliphatic carbocycles. The van der Waals surface area contributed by atoms with Gasteiger partial charge in [-0.1, -0.05) is 30.9 Å². The molecule has 21 heavy (non-hydrogen) atoms. The molecule has 2 heteroatoms. The Morgan fingerprint density at radius 2 is 1.90 bits per heavy atom. The van der Waals surface area contributed by atoms with Crippen molar-refractivity contribution in [2.75, 3.05) is 7.11 Å². The number of carbonyl (C=O) groups excluding carboxylic acids is 1. The molecule has 2 nitrogen and oxygen atoms in total. The van der Waals surface area contributed by atoms with Gasteiger partial charge in [0.25, 0.3) is 0 Å². The van der Waals surface area contributed by atoms with Gasteiger partial charge in [-0.2, -0.15) is 0 Å². The summed E-state index contributed by atoms with van der Waals surface area (Å²) in [6.45, 7) is 0. The van der Waals surface area contributed by atoms with Crippen LogP contribution in [0.1, 0.15) is 51.4 Å². The molecule has 5 unspecified atom stereocenters. The second-order valence-corrected chi connectivity index (χ2v) is 7.50. The van der Waals surface area contributed by atoms with Gasteiger partial charge < -0.3 is 4.74 Å². The van der Waals surface area contributed by atoms with E-state index in [1.807, 2.05) is 0 Å². The summed E-state index contributed by atoms with van der Waals surface area (Å²) >= 11 is 0. The average molecular weight is 286 g/mol. The fraction of sp³-hybridized carbons (Fsp3) is 0.737. The van der Waals surface area contributed by atoms with Gasteiger partial charge in [-0.3, -0.25) is 0 Å². The number of fused-ring (bicyclic) bond motifs is 5. The highest BCUT2D eigenvalue weighted by atomic mass is 16.5. The first kappa shape index (κ1) is 13.6. The second-order valence-electron chi connectivity index (χ2n) is 7.50. The average Bonchev–Trinajstić information content (AvgIpc) is 2.98. The van der Waals surface area contributed by atoms with Gasteiger partial charge in [-0.25, -0.2) is 4.79 Å². The van der Waals surface area contributed by atoms with Crippen molar-refractivity contribution < 1.29 is 9.53 Å². The lowest BCUT2D eigenvalue weighted by Gasteiger charge is -2.49. The van der Waals surface area contributed by atoms with E-state index < -0.39 is 0 Å². The molecule has 4 rings (SSSR count). The van der Waals surface area contributed by atoms with Gasteiger partial charge in [0, 0.05) is 0 Å². The van der Waals surface area contributed by atoms with Crippen LogP contribution in [0.3, 0.4) is 0 Å². The molecule has 5 atom stereocenters. The Morgan fingerprint density at radius 1 is 1.05 bits per heavy atom. The summed E-state index contributed by atoms with van der Waals surface area (Å²) in [6, 6.07) is 0. The molecule has 0 heterocycles. The third kappa shape index (κ3) is 2.18. The molecule has 0 spiro atoms. The van der Waals surface area contributed by atoms with E-state index in [0.29, 0.717) is 5.92 Å². The molecular formula is C19H26O2. The zero-order chi connectivity index (χ0) is 14.4. The molecule has 0 saturated heterocycles. The fourth-order valence-corrected chi connectivity index (χ4v) is 5.79. The van der Waals surface area contributed by atoms with Crippen LogP contribution in [0, 0.1) is 29.6 Å². The highest BCUT2D eigenvalue weighted by Crippen LogP contribution is 2.55. The Balaban J connectivity index is 1.58. The minimum Gasteiger partial charge on any atom is -0.465 e. The van der Waals surface area contributed by atoms with E-state index in [1.165, 1.54) is 58.5 Å². The van der Waals surface area contributed by atoms with Gasteiger partial charge in [0.2, 0.25) is 0 Å². The predicted molar refractivity (Wildman–Crippen MR) is 82.6 cm³/mol. The Bertz CT molecular complexity index is 502. The van der Waals surface area contributed by atoms with Gasteiger partial charge in [0.05, 0.1) is 12.7 Å². The maximum atomic E-state index is 11.8. The predicted octanol–water partition coefficient (Wildman–Crippen LogP) is 4.27. The SMILES string of the molecule is COC(=O)C1=CC2CCC3C(CCC4CCCCC43)C2=C1. The molecule has 114 valence electrons. The van der Waals surface area contributed by atoms with Gasteiger partial charge in [-0.05, 0) is 67.8 Å². The quantitative estimate of drug-likeness (QED) is 0.673. The van der Waals surface area contributed by atoms with Crippen LogP contribution in [0.5, 0.6) is 0 Å². The summed E-state index contributed by atoms with van der Waals surface area (Å²) in [6.07, 6.45) is 15.6. The standard InChI is InChI=1S/C19H26O2/c1-21-19(20)14-10-13-7-9-16-15-5-3-2-4-12(15)6-8-17(16)18(13)11-14/h10-13,15-17H,2-9H2,1H3. The third-order valence-electron chi connectivity index (χ3n) is 6.67. The fourth-order valence-electron chi connectivity index (χ4n) is 5.79. The summed E-state index contributed by atoms with van der Waals surface area (Å²) in [5, 5.41) is 0. The number of methoxy groups -OCH3 is 1. The topological polar surface area (TPSA) is 26.3 Å². The van der Waals surface area contributed by atoms with Crippen LogP contribution in [-0.2, 0) is 9.53 Å². The highest BCUT2D eigenvalue weighted by Gasteiger charge is 2.45. The number of hydrogen-bond donors (Lipinski definition) is 0. The molecule has 0 amide bonds. The van der Waals surface area contributed by atoms with E-state index in [-0.39, 0.29) is 5.97 Å². The van der Waals surface area contributed by atoms with Gasteiger partial charge in [0.1, 0.15) is 0 Å². The molecule has 0 aromatic heterocycles. The largest absolute Gasteiger partial charge is 0.465 e. The summed E-state index contributed by atoms with van der Waals surface area (Å²) in [7, 11) is 1.49. The first-order chi connectivity index (χ1) is 10.3. The van der Waals surface area contributed by atoms with Crippen LogP contribution in [0.2, 0.25) is 0 Å². The summed E-state index contributed by atoms with van der Waals surface area (Å²) in [4.78, 5) is 11.8. The molecule has 3 fully saturated rings. The molecule has 0 bridgehead atoms. The van der Waals surface area contributed by atoms with E-state index in [9.17, 15) is 4.79 Å². The summed E-state index contributed by atoms with van der Waals surface area (Å²) in [5.74, 6) is 4.01. The molecule has 0 aromatic carbocycles. The van der Waals surface area contributed by atoms with Crippen LogP contribution in [-0.4, -0.2) is 13.1 Å². The van der Waals surface area contributed by atoms with E-state index in [4.69, 9.17) is 4.74 Å². The first-order valence-corrected chi connectivity index (χ1v) is 8.79. The van der Waals surface area contributed by atoms with E-state index in [0.717, 1.165) is 29.2 Å². The van der Waals surface area contributed by atoms with E-state index in [2.05, 4.69) is 12.2 Å². The maximum Gasteiger partial charge on any atom is 0.337 e. The van der Waals surface area contributed by atoms with Crippen molar-refractivity contribution in [2.45, 2.75) is 51.4 Å². The van der Waals surface area contributed by atoms with E-state index >= 15 is 0 Å². The Kier molecular flexibility index (Phi) is 3.43. The second kappa shape index (κ2) is 5.30. The number of rotatable bonds is 1. The molecule has 0 radical (unpaired) electrons. The van der Waals surface area contributed by atoms with Crippen molar-refractivity contribution in [1.82, 2.24) is 0 Å². The zero-order valence-electron chi connectivity index (χ0n) is 13.0. The lowest BCUT2D eigenvalue weighted by atomic mass is 9.55. The smallest absolute Gasteiger partial charge is 0.337 e. The molecule has 0 aliphatic heterocycles. The van der Waals surface area contributed by atoms with Crippen LogP contribution in [0.25, 0.3) is 0 Å². The van der Waals surface area contributed by atoms with Crippen molar-refractivity contribution >= 4 is 5.97 Å². The van der Waals surface area contributed by atoms with Crippen LogP contribution >= 0.6 is 0 Å². The Morgan fingerprint density at radius 3 is 2.76 bits per heavy atom. The summed E-state index contributed by atoms with van der Waals surface area (Å²) in [5.41, 5.74) is 2.37. The van der Waals surface area contributed by atoms with Crippen LogP contribution in [0.4, 0.5) is 0 Å². The molecule has 4 aliphatic rings. The van der Waals surface area contributed by atoms with Gasteiger partial charge in [0.15, 0.2) is 0 Å². The number of allylic oxidation sites excluding steroid dienone is 2. The van der Waals surface area contributed by atoms with E-state index in [1.54, 1.807) is 5.57 Å². The highest BCUT2D eigenvalue weighted by molar-refractivity contribution is 5.92. The lowest BCUT2D eigenvalue weighted by molar-refractivity contribution is -0.135. The first-order valence-electron chi connectivity index (χ1n) is 8.79. The van der Waals surface area contributed by atoms with Gasteiger partial charge in [-0.15, -0.1) is 0 Å². The minimum absolute atomic E-state index is 0.153.